The van der Waals surface area contributed by atoms with Gasteiger partial charge in [0.15, 0.2) is 0 Å². The fourth-order valence-electron chi connectivity index (χ4n) is 1.35. The maximum atomic E-state index is 5.59. The lowest BCUT2D eigenvalue weighted by molar-refractivity contribution is 0.414. The monoisotopic (exact) mass is 188 g/mol. The largest absolute Gasteiger partial charge is 0.497 e. The first kappa shape index (κ1) is 8.88. The molecule has 1 aromatic heterocycles. The molecule has 2 heteroatoms. The van der Waals surface area contributed by atoms with Crippen LogP contribution in [0.25, 0.3) is 16.5 Å². The number of benzene rings is 1. The SMILES string of the molecule is C=C(C)c1cc2ccc(OC)cc2o1. The Labute approximate surface area is 82.8 Å². The molecule has 14 heavy (non-hydrogen) atoms. The summed E-state index contributed by atoms with van der Waals surface area (Å²) in [6.45, 7) is 5.76. The molecule has 0 atom stereocenters. The Morgan fingerprint density at radius 3 is 2.79 bits per heavy atom. The molecule has 2 rings (SSSR count). The van der Waals surface area contributed by atoms with Crippen LogP contribution in [0.1, 0.15) is 12.7 Å². The van der Waals surface area contributed by atoms with E-state index in [1.807, 2.05) is 31.2 Å². The third-order valence-corrected chi connectivity index (χ3v) is 2.15. The molecular weight excluding hydrogens is 176 g/mol. The zero-order valence-electron chi connectivity index (χ0n) is 8.33. The van der Waals surface area contributed by atoms with Crippen LogP contribution in [0.3, 0.4) is 0 Å². The van der Waals surface area contributed by atoms with Gasteiger partial charge >= 0.3 is 0 Å². The summed E-state index contributed by atoms with van der Waals surface area (Å²) in [7, 11) is 1.64. The Bertz CT molecular complexity index is 480. The molecule has 1 heterocycles. The molecule has 0 aliphatic rings. The molecular formula is C12H12O2. The van der Waals surface area contributed by atoms with Gasteiger partial charge in [-0.25, -0.2) is 0 Å². The lowest BCUT2D eigenvalue weighted by Crippen LogP contribution is -1.79. The van der Waals surface area contributed by atoms with Crippen LogP contribution in [0.2, 0.25) is 0 Å². The third kappa shape index (κ3) is 1.39. The van der Waals surface area contributed by atoms with Crippen molar-refractivity contribution in [2.24, 2.45) is 0 Å². The van der Waals surface area contributed by atoms with Gasteiger partial charge in [-0.1, -0.05) is 6.58 Å². The normalized spacial score (nSPS) is 10.4. The molecule has 0 aliphatic carbocycles. The summed E-state index contributed by atoms with van der Waals surface area (Å²) in [6.07, 6.45) is 0. The van der Waals surface area contributed by atoms with Crippen molar-refractivity contribution in [3.63, 3.8) is 0 Å². The van der Waals surface area contributed by atoms with Gasteiger partial charge in [-0.3, -0.25) is 0 Å². The van der Waals surface area contributed by atoms with Crippen LogP contribution >= 0.6 is 0 Å². The zero-order chi connectivity index (χ0) is 10.1. The molecule has 0 bridgehead atoms. The van der Waals surface area contributed by atoms with E-state index in [9.17, 15) is 0 Å². The Kier molecular flexibility index (Phi) is 2.04. The molecule has 0 saturated heterocycles. The fourth-order valence-corrected chi connectivity index (χ4v) is 1.35. The van der Waals surface area contributed by atoms with Crippen molar-refractivity contribution >= 4 is 16.5 Å². The smallest absolute Gasteiger partial charge is 0.138 e. The minimum atomic E-state index is 0.806. The number of rotatable bonds is 2. The molecule has 0 saturated carbocycles. The molecule has 0 spiro atoms. The Morgan fingerprint density at radius 1 is 1.36 bits per heavy atom. The first-order chi connectivity index (χ1) is 6.70. The van der Waals surface area contributed by atoms with Crippen LogP contribution in [-0.2, 0) is 0 Å². The maximum Gasteiger partial charge on any atom is 0.138 e. The van der Waals surface area contributed by atoms with E-state index in [1.54, 1.807) is 7.11 Å². The van der Waals surface area contributed by atoms with Crippen LogP contribution in [0.15, 0.2) is 35.3 Å². The summed E-state index contributed by atoms with van der Waals surface area (Å²) < 4.78 is 10.7. The minimum Gasteiger partial charge on any atom is -0.497 e. The van der Waals surface area contributed by atoms with Gasteiger partial charge in [-0.05, 0) is 30.7 Å². The first-order valence-electron chi connectivity index (χ1n) is 4.44. The third-order valence-electron chi connectivity index (χ3n) is 2.15. The lowest BCUT2D eigenvalue weighted by atomic mass is 10.2. The van der Waals surface area contributed by atoms with Crippen LogP contribution < -0.4 is 4.74 Å². The molecule has 2 nitrogen and oxygen atoms in total. The highest BCUT2D eigenvalue weighted by atomic mass is 16.5. The number of methoxy groups -OCH3 is 1. The van der Waals surface area contributed by atoms with Crippen molar-refractivity contribution in [1.82, 2.24) is 0 Å². The van der Waals surface area contributed by atoms with Gasteiger partial charge < -0.3 is 9.15 Å². The molecule has 0 amide bonds. The van der Waals surface area contributed by atoms with Gasteiger partial charge in [0.2, 0.25) is 0 Å². The van der Waals surface area contributed by atoms with E-state index in [1.165, 1.54) is 0 Å². The average Bonchev–Trinajstić information content (AvgIpc) is 2.59. The standard InChI is InChI=1S/C12H12O2/c1-8(2)11-6-9-4-5-10(13-3)7-12(9)14-11/h4-7H,1H2,2-3H3. The molecule has 0 aliphatic heterocycles. The molecule has 0 radical (unpaired) electrons. The van der Waals surface area contributed by atoms with Crippen molar-refractivity contribution in [2.75, 3.05) is 7.11 Å². The van der Waals surface area contributed by atoms with Crippen LogP contribution in [-0.4, -0.2) is 7.11 Å². The number of hydrogen-bond donors (Lipinski definition) is 0. The van der Waals surface area contributed by atoms with Crippen LogP contribution in [0, 0.1) is 0 Å². The Morgan fingerprint density at radius 2 is 2.14 bits per heavy atom. The summed E-state index contributed by atoms with van der Waals surface area (Å²) in [6, 6.07) is 7.75. The van der Waals surface area contributed by atoms with Crippen molar-refractivity contribution in [3.05, 3.63) is 36.6 Å². The second kappa shape index (κ2) is 3.22. The van der Waals surface area contributed by atoms with E-state index in [0.29, 0.717) is 0 Å². The highest BCUT2D eigenvalue weighted by Crippen LogP contribution is 2.26. The second-order valence-corrected chi connectivity index (χ2v) is 3.29. The van der Waals surface area contributed by atoms with Gasteiger partial charge in [-0.2, -0.15) is 0 Å². The number of ether oxygens (including phenoxy) is 1. The molecule has 0 unspecified atom stereocenters. The number of hydrogen-bond acceptors (Lipinski definition) is 2. The van der Waals surface area contributed by atoms with E-state index in [0.717, 1.165) is 28.1 Å². The topological polar surface area (TPSA) is 22.4 Å². The van der Waals surface area contributed by atoms with Gasteiger partial charge in [0.1, 0.15) is 17.1 Å². The predicted octanol–water partition coefficient (Wildman–Crippen LogP) is 3.47. The Balaban J connectivity index is 2.60. The number of furan rings is 1. The number of fused-ring (bicyclic) bond motifs is 1. The highest BCUT2D eigenvalue weighted by Gasteiger charge is 2.04. The quantitative estimate of drug-likeness (QED) is 0.720. The van der Waals surface area contributed by atoms with E-state index in [-0.39, 0.29) is 0 Å². The minimum absolute atomic E-state index is 0.806. The second-order valence-electron chi connectivity index (χ2n) is 3.29. The fraction of sp³-hybridized carbons (Fsp3) is 0.167. The first-order valence-corrected chi connectivity index (χ1v) is 4.44. The zero-order valence-corrected chi connectivity index (χ0v) is 8.33. The Hall–Kier alpha value is -1.70. The van der Waals surface area contributed by atoms with Gasteiger partial charge in [-0.15, -0.1) is 0 Å². The molecule has 0 fully saturated rings. The summed E-state index contributed by atoms with van der Waals surface area (Å²) >= 11 is 0. The maximum absolute atomic E-state index is 5.59. The summed E-state index contributed by atoms with van der Waals surface area (Å²) in [5.74, 6) is 1.63. The molecule has 1 aromatic carbocycles. The molecule has 0 N–H and O–H groups in total. The lowest BCUT2D eigenvalue weighted by Gasteiger charge is -1.96. The van der Waals surface area contributed by atoms with E-state index in [2.05, 4.69) is 6.58 Å². The van der Waals surface area contributed by atoms with Crippen LogP contribution in [0.5, 0.6) is 5.75 Å². The highest BCUT2D eigenvalue weighted by molar-refractivity contribution is 5.82. The van der Waals surface area contributed by atoms with E-state index in [4.69, 9.17) is 9.15 Å². The van der Waals surface area contributed by atoms with Crippen molar-refractivity contribution in [2.45, 2.75) is 6.92 Å². The van der Waals surface area contributed by atoms with Gasteiger partial charge in [0, 0.05) is 11.5 Å². The van der Waals surface area contributed by atoms with Gasteiger partial charge in [0.25, 0.3) is 0 Å². The van der Waals surface area contributed by atoms with Gasteiger partial charge in [0.05, 0.1) is 7.11 Å². The van der Waals surface area contributed by atoms with Crippen molar-refractivity contribution < 1.29 is 9.15 Å². The molecule has 2 aromatic rings. The van der Waals surface area contributed by atoms with Crippen molar-refractivity contribution in [1.29, 1.82) is 0 Å². The van der Waals surface area contributed by atoms with Crippen LogP contribution in [0.4, 0.5) is 0 Å². The average molecular weight is 188 g/mol. The molecule has 72 valence electrons. The summed E-state index contributed by atoms with van der Waals surface area (Å²) in [5, 5.41) is 1.07. The number of allylic oxidation sites excluding steroid dienone is 1. The van der Waals surface area contributed by atoms with Crippen molar-refractivity contribution in [3.8, 4) is 5.75 Å². The summed E-state index contributed by atoms with van der Waals surface area (Å²) in [5.41, 5.74) is 1.77. The van der Waals surface area contributed by atoms with E-state index >= 15 is 0 Å². The van der Waals surface area contributed by atoms with E-state index < -0.39 is 0 Å². The predicted molar refractivity (Wildman–Crippen MR) is 57.5 cm³/mol. The summed E-state index contributed by atoms with van der Waals surface area (Å²) in [4.78, 5) is 0.